The highest BCUT2D eigenvalue weighted by molar-refractivity contribution is 5.85. The Bertz CT molecular complexity index is 430. The van der Waals surface area contributed by atoms with Gasteiger partial charge in [0, 0.05) is 5.92 Å². The van der Waals surface area contributed by atoms with Crippen LogP contribution >= 0.6 is 12.4 Å². The summed E-state index contributed by atoms with van der Waals surface area (Å²) in [5.74, 6) is 0.281. The summed E-state index contributed by atoms with van der Waals surface area (Å²) in [4.78, 5) is 0. The van der Waals surface area contributed by atoms with E-state index in [9.17, 15) is 5.11 Å². The van der Waals surface area contributed by atoms with Gasteiger partial charge in [-0.15, -0.1) is 12.4 Å². The number of benzene rings is 2. The first kappa shape index (κ1) is 16.7. The molecule has 1 N–H and O–H groups in total. The minimum absolute atomic E-state index is 0. The first-order valence-corrected chi connectivity index (χ1v) is 7.09. The minimum atomic E-state index is -0.226. The van der Waals surface area contributed by atoms with Gasteiger partial charge in [0.1, 0.15) is 0 Å². The van der Waals surface area contributed by atoms with E-state index in [1.807, 2.05) is 12.1 Å². The Kier molecular flexibility index (Phi) is 7.35. The summed E-state index contributed by atoms with van der Waals surface area (Å²) in [7, 11) is 0. The third-order valence-electron chi connectivity index (χ3n) is 3.53. The highest BCUT2D eigenvalue weighted by atomic mass is 35.5. The van der Waals surface area contributed by atoms with Gasteiger partial charge in [0.25, 0.3) is 0 Å². The normalized spacial score (nSPS) is 11.9. The van der Waals surface area contributed by atoms with E-state index in [0.717, 1.165) is 19.3 Å². The van der Waals surface area contributed by atoms with Crippen molar-refractivity contribution < 1.29 is 5.11 Å². The third-order valence-corrected chi connectivity index (χ3v) is 3.53. The molecule has 0 amide bonds. The molecule has 20 heavy (non-hydrogen) atoms. The van der Waals surface area contributed by atoms with Crippen molar-refractivity contribution in [3.05, 3.63) is 71.8 Å². The zero-order valence-electron chi connectivity index (χ0n) is 11.9. The topological polar surface area (TPSA) is 20.2 Å². The Labute approximate surface area is 128 Å². The number of halogens is 1. The highest BCUT2D eigenvalue weighted by Crippen LogP contribution is 2.29. The van der Waals surface area contributed by atoms with Crippen molar-refractivity contribution in [3.8, 4) is 0 Å². The molecule has 2 heteroatoms. The first-order valence-electron chi connectivity index (χ1n) is 7.09. The number of hydrogen-bond donors (Lipinski definition) is 1. The Morgan fingerprint density at radius 2 is 1.30 bits per heavy atom. The van der Waals surface area contributed by atoms with Crippen LogP contribution in [0.15, 0.2) is 60.7 Å². The van der Waals surface area contributed by atoms with Crippen LogP contribution in [0.4, 0.5) is 0 Å². The van der Waals surface area contributed by atoms with Crippen molar-refractivity contribution in [1.29, 1.82) is 0 Å². The molecular formula is C18H23ClO. The molecule has 0 aliphatic carbocycles. The lowest BCUT2D eigenvalue weighted by molar-refractivity contribution is 0.148. The van der Waals surface area contributed by atoms with E-state index in [1.165, 1.54) is 11.1 Å². The van der Waals surface area contributed by atoms with Crippen LogP contribution in [0.5, 0.6) is 0 Å². The van der Waals surface area contributed by atoms with Crippen LogP contribution in [0.25, 0.3) is 0 Å². The lowest BCUT2D eigenvalue weighted by Gasteiger charge is -2.21. The van der Waals surface area contributed by atoms with Gasteiger partial charge >= 0.3 is 0 Å². The fraction of sp³-hybridized carbons (Fsp3) is 0.333. The van der Waals surface area contributed by atoms with E-state index in [4.69, 9.17) is 0 Å². The average Bonchev–Trinajstić information content (AvgIpc) is 2.47. The summed E-state index contributed by atoms with van der Waals surface area (Å²) in [5, 5.41) is 10.1. The Morgan fingerprint density at radius 3 is 1.70 bits per heavy atom. The molecular weight excluding hydrogens is 268 g/mol. The van der Waals surface area contributed by atoms with Crippen molar-refractivity contribution in [2.75, 3.05) is 0 Å². The summed E-state index contributed by atoms with van der Waals surface area (Å²) in [5.41, 5.74) is 2.56. The van der Waals surface area contributed by atoms with Gasteiger partial charge in [0.2, 0.25) is 0 Å². The second-order valence-corrected chi connectivity index (χ2v) is 5.05. The Hall–Kier alpha value is -1.31. The molecule has 2 aromatic carbocycles. The van der Waals surface area contributed by atoms with E-state index >= 15 is 0 Å². The maximum absolute atomic E-state index is 10.1. The number of aliphatic hydroxyl groups excluding tert-OH is 1. The standard InChI is InChI=1S/C18H22O.ClH/c1-2-9-17(19)14-18(15-10-5-3-6-11-15)16-12-7-4-8-13-16;/h3-8,10-13,17-19H,2,9,14H2,1H3;1H. The quantitative estimate of drug-likeness (QED) is 0.811. The lowest BCUT2D eigenvalue weighted by atomic mass is 9.86. The van der Waals surface area contributed by atoms with Crippen LogP contribution in [0.3, 0.4) is 0 Å². The van der Waals surface area contributed by atoms with Crippen molar-refractivity contribution in [2.24, 2.45) is 0 Å². The van der Waals surface area contributed by atoms with Gasteiger partial charge in [-0.05, 0) is 24.0 Å². The summed E-state index contributed by atoms with van der Waals surface area (Å²) >= 11 is 0. The van der Waals surface area contributed by atoms with Crippen LogP contribution in [-0.4, -0.2) is 11.2 Å². The van der Waals surface area contributed by atoms with E-state index in [0.29, 0.717) is 0 Å². The first-order chi connectivity index (χ1) is 9.31. The summed E-state index contributed by atoms with van der Waals surface area (Å²) < 4.78 is 0. The van der Waals surface area contributed by atoms with E-state index in [1.54, 1.807) is 0 Å². The zero-order valence-corrected chi connectivity index (χ0v) is 12.7. The largest absolute Gasteiger partial charge is 0.393 e. The van der Waals surface area contributed by atoms with Crippen molar-refractivity contribution in [3.63, 3.8) is 0 Å². The summed E-state index contributed by atoms with van der Waals surface area (Å²) in [6.07, 6.45) is 2.46. The molecule has 1 nitrogen and oxygen atoms in total. The molecule has 108 valence electrons. The maximum Gasteiger partial charge on any atom is 0.0549 e. The van der Waals surface area contributed by atoms with Gasteiger partial charge in [-0.25, -0.2) is 0 Å². The van der Waals surface area contributed by atoms with Crippen molar-refractivity contribution in [1.82, 2.24) is 0 Å². The molecule has 0 saturated carbocycles. The minimum Gasteiger partial charge on any atom is -0.393 e. The molecule has 1 unspecified atom stereocenters. The average molecular weight is 291 g/mol. The smallest absolute Gasteiger partial charge is 0.0549 e. The fourth-order valence-corrected chi connectivity index (χ4v) is 2.56. The predicted octanol–water partition coefficient (Wildman–Crippen LogP) is 4.79. The van der Waals surface area contributed by atoms with Gasteiger partial charge in [-0.3, -0.25) is 0 Å². The molecule has 0 spiro atoms. The molecule has 0 radical (unpaired) electrons. The van der Waals surface area contributed by atoms with Crippen molar-refractivity contribution in [2.45, 2.75) is 38.2 Å². The van der Waals surface area contributed by atoms with Crippen molar-refractivity contribution >= 4 is 12.4 Å². The molecule has 0 saturated heterocycles. The molecule has 0 bridgehead atoms. The highest BCUT2D eigenvalue weighted by Gasteiger charge is 2.17. The fourth-order valence-electron chi connectivity index (χ4n) is 2.56. The molecule has 0 heterocycles. The van der Waals surface area contributed by atoms with Gasteiger partial charge in [0.05, 0.1) is 6.10 Å². The summed E-state index contributed by atoms with van der Waals surface area (Å²) in [6, 6.07) is 20.9. The van der Waals surface area contributed by atoms with Gasteiger partial charge in [-0.1, -0.05) is 74.0 Å². The lowest BCUT2D eigenvalue weighted by Crippen LogP contribution is -2.13. The van der Waals surface area contributed by atoms with E-state index in [-0.39, 0.29) is 24.4 Å². The van der Waals surface area contributed by atoms with Gasteiger partial charge in [-0.2, -0.15) is 0 Å². The molecule has 0 aliphatic rings. The number of rotatable bonds is 6. The molecule has 2 aromatic rings. The van der Waals surface area contributed by atoms with Crippen LogP contribution in [0.1, 0.15) is 43.2 Å². The zero-order chi connectivity index (χ0) is 13.5. The molecule has 0 aliphatic heterocycles. The number of aliphatic hydroxyl groups is 1. The predicted molar refractivity (Wildman–Crippen MR) is 87.5 cm³/mol. The van der Waals surface area contributed by atoms with E-state index in [2.05, 4.69) is 55.5 Å². The SMILES string of the molecule is CCCC(O)CC(c1ccccc1)c1ccccc1.Cl. The Balaban J connectivity index is 0.00000200. The third kappa shape index (κ3) is 4.66. The molecule has 0 aromatic heterocycles. The van der Waals surface area contributed by atoms with Crippen LogP contribution in [-0.2, 0) is 0 Å². The van der Waals surface area contributed by atoms with Gasteiger partial charge < -0.3 is 5.11 Å². The second kappa shape index (κ2) is 8.78. The van der Waals surface area contributed by atoms with E-state index < -0.39 is 0 Å². The van der Waals surface area contributed by atoms with Gasteiger partial charge in [0.15, 0.2) is 0 Å². The van der Waals surface area contributed by atoms with Crippen LogP contribution < -0.4 is 0 Å². The number of hydrogen-bond acceptors (Lipinski definition) is 1. The molecule has 1 atom stereocenters. The second-order valence-electron chi connectivity index (χ2n) is 5.05. The molecule has 0 fully saturated rings. The monoisotopic (exact) mass is 290 g/mol. The molecule has 2 rings (SSSR count). The summed E-state index contributed by atoms with van der Waals surface area (Å²) in [6.45, 7) is 2.11. The van der Waals surface area contributed by atoms with Crippen LogP contribution in [0.2, 0.25) is 0 Å². The maximum atomic E-state index is 10.1. The van der Waals surface area contributed by atoms with Crippen LogP contribution in [0, 0.1) is 0 Å². The Morgan fingerprint density at radius 1 is 0.850 bits per heavy atom.